The second-order valence-corrected chi connectivity index (χ2v) is 3.32. The Morgan fingerprint density at radius 1 is 1.17 bits per heavy atom. The van der Waals surface area contributed by atoms with Gasteiger partial charge in [0.15, 0.2) is 0 Å². The highest BCUT2D eigenvalue weighted by atomic mass is 19.4. The predicted octanol–water partition coefficient (Wildman–Crippen LogP) is 3.85. The van der Waals surface area contributed by atoms with E-state index in [0.29, 0.717) is 0 Å². The van der Waals surface area contributed by atoms with Crippen LogP contribution in [0.3, 0.4) is 0 Å². The van der Waals surface area contributed by atoms with Gasteiger partial charge in [-0.05, 0) is 5.56 Å². The van der Waals surface area contributed by atoms with E-state index in [1.807, 2.05) is 0 Å². The summed E-state index contributed by atoms with van der Waals surface area (Å²) < 4.78 is 60.8. The summed E-state index contributed by atoms with van der Waals surface area (Å²) >= 11 is 0. The zero-order valence-corrected chi connectivity index (χ0v) is 8.67. The van der Waals surface area contributed by atoms with E-state index in [1.54, 1.807) is 0 Å². The van der Waals surface area contributed by atoms with E-state index in [-0.39, 0.29) is 11.3 Å². The van der Waals surface area contributed by atoms with Crippen molar-refractivity contribution in [2.75, 3.05) is 0 Å². The fraction of sp³-hybridized carbons (Fsp3) is 0.200. The lowest BCUT2D eigenvalue weighted by Crippen LogP contribution is -2.10. The Balaban J connectivity index is 2.89. The molecule has 0 aliphatic carbocycles. The number of hydrogen-bond donors (Lipinski definition) is 0. The smallest absolute Gasteiger partial charge is 0.258 e. The van der Waals surface area contributed by atoms with E-state index in [1.165, 1.54) is 0 Å². The number of benzene rings is 1. The molecule has 1 aromatic carbocycles. The maximum absolute atomic E-state index is 12.9. The lowest BCUT2D eigenvalue weighted by Gasteiger charge is -2.05. The number of halogens is 5. The molecule has 98 valence electrons. The maximum Gasteiger partial charge on any atom is 0.445 e. The van der Waals surface area contributed by atoms with Crippen LogP contribution in [0.4, 0.5) is 27.6 Å². The molecule has 0 aliphatic rings. The number of nitro benzene ring substituents is 1. The highest BCUT2D eigenvalue weighted by Crippen LogP contribution is 2.31. The Hall–Kier alpha value is -1.99. The lowest BCUT2D eigenvalue weighted by atomic mass is 10.1. The van der Waals surface area contributed by atoms with E-state index < -0.39 is 29.2 Å². The average molecular weight is 267 g/mol. The zero-order chi connectivity index (χ0) is 13.9. The van der Waals surface area contributed by atoms with E-state index in [4.69, 9.17) is 0 Å². The molecule has 8 heteroatoms. The number of hydrogen-bond acceptors (Lipinski definition) is 2. The zero-order valence-electron chi connectivity index (χ0n) is 8.67. The third-order valence-electron chi connectivity index (χ3n) is 1.99. The van der Waals surface area contributed by atoms with Gasteiger partial charge in [-0.1, -0.05) is 12.1 Å². The van der Waals surface area contributed by atoms with Crippen molar-refractivity contribution in [1.82, 2.24) is 0 Å². The minimum Gasteiger partial charge on any atom is -0.258 e. The summed E-state index contributed by atoms with van der Waals surface area (Å²) in [5.74, 6) is -4.75. The third-order valence-corrected chi connectivity index (χ3v) is 1.99. The van der Waals surface area contributed by atoms with E-state index in [9.17, 15) is 32.1 Å². The molecule has 0 amide bonds. The van der Waals surface area contributed by atoms with Crippen molar-refractivity contribution < 1.29 is 26.9 Å². The molecule has 0 radical (unpaired) electrons. The molecule has 0 aromatic heterocycles. The number of nitro groups is 1. The SMILES string of the molecule is O=[N+]([O-])c1ccc(C/C(F)=C(/F)C(F)(F)F)cc1. The minimum atomic E-state index is -5.37. The number of alkyl halides is 3. The van der Waals surface area contributed by atoms with Gasteiger partial charge in [0, 0.05) is 18.6 Å². The number of non-ortho nitro benzene ring substituents is 1. The normalized spacial score (nSPS) is 13.2. The van der Waals surface area contributed by atoms with Crippen LogP contribution in [0.2, 0.25) is 0 Å². The summed E-state index contributed by atoms with van der Waals surface area (Å²) in [5.41, 5.74) is -0.295. The second kappa shape index (κ2) is 5.11. The average Bonchev–Trinajstić information content (AvgIpc) is 2.27. The van der Waals surface area contributed by atoms with Gasteiger partial charge in [0.1, 0.15) is 5.83 Å². The summed E-state index contributed by atoms with van der Waals surface area (Å²) in [4.78, 5) is 9.57. The molecule has 0 spiro atoms. The van der Waals surface area contributed by atoms with Gasteiger partial charge in [0.05, 0.1) is 4.92 Å². The van der Waals surface area contributed by atoms with Crippen LogP contribution >= 0.6 is 0 Å². The van der Waals surface area contributed by atoms with Crippen LogP contribution in [0.1, 0.15) is 5.56 Å². The van der Waals surface area contributed by atoms with Crippen LogP contribution in [0.25, 0.3) is 0 Å². The first-order chi connectivity index (χ1) is 8.21. The number of rotatable bonds is 3. The van der Waals surface area contributed by atoms with Crippen LogP contribution in [-0.4, -0.2) is 11.1 Å². The minimum absolute atomic E-state index is 0.00231. The van der Waals surface area contributed by atoms with Gasteiger partial charge >= 0.3 is 6.18 Å². The highest BCUT2D eigenvalue weighted by molar-refractivity contribution is 5.34. The quantitative estimate of drug-likeness (QED) is 0.474. The molecule has 0 heterocycles. The fourth-order valence-electron chi connectivity index (χ4n) is 1.15. The number of allylic oxidation sites excluding steroid dienone is 2. The summed E-state index contributed by atoms with van der Waals surface area (Å²) in [6.45, 7) is 0. The van der Waals surface area contributed by atoms with Crippen LogP contribution in [0.5, 0.6) is 0 Å². The molecule has 0 aliphatic heterocycles. The fourth-order valence-corrected chi connectivity index (χ4v) is 1.15. The molecule has 0 bridgehead atoms. The van der Waals surface area contributed by atoms with Crippen molar-refractivity contribution >= 4 is 5.69 Å². The second-order valence-electron chi connectivity index (χ2n) is 3.32. The first-order valence-corrected chi connectivity index (χ1v) is 4.56. The molecule has 0 fully saturated rings. The molecule has 0 unspecified atom stereocenters. The van der Waals surface area contributed by atoms with E-state index in [0.717, 1.165) is 24.3 Å². The molecule has 1 rings (SSSR count). The largest absolute Gasteiger partial charge is 0.445 e. The lowest BCUT2D eigenvalue weighted by molar-refractivity contribution is -0.384. The first-order valence-electron chi connectivity index (χ1n) is 4.56. The van der Waals surface area contributed by atoms with Crippen molar-refractivity contribution in [3.8, 4) is 0 Å². The van der Waals surface area contributed by atoms with Crippen molar-refractivity contribution in [3.63, 3.8) is 0 Å². The molecular weight excluding hydrogens is 261 g/mol. The Morgan fingerprint density at radius 3 is 2.06 bits per heavy atom. The molecule has 0 saturated heterocycles. The van der Waals surface area contributed by atoms with Crippen molar-refractivity contribution in [2.45, 2.75) is 12.6 Å². The summed E-state index contributed by atoms with van der Waals surface area (Å²) in [5, 5.41) is 10.3. The molecule has 0 saturated carbocycles. The predicted molar refractivity (Wildman–Crippen MR) is 52.1 cm³/mol. The van der Waals surface area contributed by atoms with Crippen molar-refractivity contribution in [3.05, 3.63) is 51.6 Å². The maximum atomic E-state index is 12.9. The Morgan fingerprint density at radius 2 is 1.67 bits per heavy atom. The van der Waals surface area contributed by atoms with Crippen LogP contribution in [0, 0.1) is 10.1 Å². The Labute approximate surface area is 97.7 Å². The molecule has 0 N–H and O–H groups in total. The number of nitrogens with zero attached hydrogens (tertiary/aromatic N) is 1. The van der Waals surface area contributed by atoms with Gasteiger partial charge < -0.3 is 0 Å². The van der Waals surface area contributed by atoms with Crippen molar-refractivity contribution in [1.29, 1.82) is 0 Å². The molecular formula is C10H6F5NO2. The third kappa shape index (κ3) is 3.51. The van der Waals surface area contributed by atoms with Gasteiger partial charge in [-0.25, -0.2) is 4.39 Å². The summed E-state index contributed by atoms with van der Waals surface area (Å²) in [6.07, 6.45) is -6.28. The van der Waals surface area contributed by atoms with Gasteiger partial charge in [-0.3, -0.25) is 10.1 Å². The van der Waals surface area contributed by atoms with Gasteiger partial charge in [-0.15, -0.1) is 0 Å². The standard InChI is InChI=1S/C10H6F5NO2/c11-8(9(12)10(13,14)15)5-6-1-3-7(4-2-6)16(17)18/h1-4H,5H2/b9-8-. The van der Waals surface area contributed by atoms with Crippen molar-refractivity contribution in [2.24, 2.45) is 0 Å². The van der Waals surface area contributed by atoms with Gasteiger partial charge in [-0.2, -0.15) is 17.6 Å². The van der Waals surface area contributed by atoms with E-state index in [2.05, 4.69) is 0 Å². The van der Waals surface area contributed by atoms with Crippen LogP contribution in [-0.2, 0) is 6.42 Å². The summed E-state index contributed by atoms with van der Waals surface area (Å²) in [7, 11) is 0. The first kappa shape index (κ1) is 14.1. The monoisotopic (exact) mass is 267 g/mol. The Kier molecular flexibility index (Phi) is 4.00. The molecule has 0 atom stereocenters. The highest BCUT2D eigenvalue weighted by Gasteiger charge is 2.37. The summed E-state index contributed by atoms with van der Waals surface area (Å²) in [6, 6.07) is 4.10. The Bertz CT molecular complexity index is 478. The molecule has 18 heavy (non-hydrogen) atoms. The van der Waals surface area contributed by atoms with E-state index >= 15 is 0 Å². The van der Waals surface area contributed by atoms with Gasteiger partial charge in [0.2, 0.25) is 5.83 Å². The topological polar surface area (TPSA) is 43.1 Å². The van der Waals surface area contributed by atoms with Crippen LogP contribution in [0.15, 0.2) is 35.9 Å². The van der Waals surface area contributed by atoms with Crippen LogP contribution < -0.4 is 0 Å². The van der Waals surface area contributed by atoms with Gasteiger partial charge in [0.25, 0.3) is 5.69 Å². The molecule has 3 nitrogen and oxygen atoms in total. The molecule has 1 aromatic rings.